The van der Waals surface area contributed by atoms with Crippen LogP contribution in [0.2, 0.25) is 0 Å². The molecule has 0 spiro atoms. The molecule has 0 radical (unpaired) electrons. The minimum absolute atomic E-state index is 0.142. The van der Waals surface area contributed by atoms with E-state index in [1.165, 1.54) is 4.31 Å². The Hall–Kier alpha value is -1.50. The summed E-state index contributed by atoms with van der Waals surface area (Å²) in [7, 11) is -3.63. The third-order valence-corrected chi connectivity index (χ3v) is 5.91. The van der Waals surface area contributed by atoms with Crippen molar-refractivity contribution in [3.8, 4) is 0 Å². The van der Waals surface area contributed by atoms with Gasteiger partial charge in [-0.3, -0.25) is 4.98 Å². The van der Waals surface area contributed by atoms with Crippen LogP contribution in [0.5, 0.6) is 0 Å². The molecule has 0 bridgehead atoms. The number of fused-ring (bicyclic) bond motifs is 1. The molecule has 1 atom stereocenters. The number of pyridine rings is 1. The van der Waals surface area contributed by atoms with Crippen molar-refractivity contribution in [1.29, 1.82) is 0 Å². The summed E-state index contributed by atoms with van der Waals surface area (Å²) in [5.74, 6) is 0. The number of sulfonamides is 1. The van der Waals surface area contributed by atoms with Gasteiger partial charge >= 0.3 is 0 Å². The van der Waals surface area contributed by atoms with E-state index in [4.69, 9.17) is 0 Å². The summed E-state index contributed by atoms with van der Waals surface area (Å²) in [5, 5.41) is 10.2. The molecule has 1 fully saturated rings. The smallest absolute Gasteiger partial charge is 0.245 e. The molecule has 2 heterocycles. The highest BCUT2D eigenvalue weighted by atomic mass is 32.2. The van der Waals surface area contributed by atoms with Crippen LogP contribution in [-0.4, -0.2) is 42.0 Å². The lowest BCUT2D eigenvalue weighted by molar-refractivity contribution is 0.213. The van der Waals surface area contributed by atoms with Crippen molar-refractivity contribution < 1.29 is 13.5 Å². The summed E-state index contributed by atoms with van der Waals surface area (Å²) in [5.41, 5.74) is 1.48. The van der Waals surface area contributed by atoms with E-state index in [0.29, 0.717) is 18.5 Å². The number of aliphatic hydroxyl groups is 1. The molecule has 3 rings (SSSR count). The first-order chi connectivity index (χ1) is 10.0. The van der Waals surface area contributed by atoms with Crippen LogP contribution < -0.4 is 0 Å². The number of aromatic nitrogens is 1. The zero-order valence-electron chi connectivity index (χ0n) is 11.9. The zero-order valence-corrected chi connectivity index (χ0v) is 12.7. The van der Waals surface area contributed by atoms with Crippen molar-refractivity contribution in [3.05, 3.63) is 36.0 Å². The van der Waals surface area contributed by atoms with E-state index < -0.39 is 10.0 Å². The first-order valence-electron chi connectivity index (χ1n) is 7.02. The highest BCUT2D eigenvalue weighted by Gasteiger charge is 2.35. The van der Waals surface area contributed by atoms with Crippen LogP contribution in [0.1, 0.15) is 18.4 Å². The largest absolute Gasteiger partial charge is 0.395 e. The quantitative estimate of drug-likeness (QED) is 0.937. The first-order valence-corrected chi connectivity index (χ1v) is 8.46. The van der Waals surface area contributed by atoms with E-state index >= 15 is 0 Å². The Morgan fingerprint density at radius 1 is 1.43 bits per heavy atom. The van der Waals surface area contributed by atoms with Gasteiger partial charge in [0.2, 0.25) is 10.0 Å². The third kappa shape index (κ3) is 2.43. The number of hydrogen-bond donors (Lipinski definition) is 1. The topological polar surface area (TPSA) is 70.5 Å². The van der Waals surface area contributed by atoms with Gasteiger partial charge in [-0.25, -0.2) is 8.42 Å². The molecule has 1 N–H and O–H groups in total. The van der Waals surface area contributed by atoms with E-state index in [2.05, 4.69) is 4.98 Å². The van der Waals surface area contributed by atoms with Crippen LogP contribution in [-0.2, 0) is 10.0 Å². The molecule has 1 aromatic heterocycles. The second kappa shape index (κ2) is 5.36. The highest BCUT2D eigenvalue weighted by molar-refractivity contribution is 7.89. The van der Waals surface area contributed by atoms with Gasteiger partial charge in [0.25, 0.3) is 0 Å². The summed E-state index contributed by atoms with van der Waals surface area (Å²) in [4.78, 5) is 4.52. The number of rotatable bonds is 3. The van der Waals surface area contributed by atoms with E-state index in [1.54, 1.807) is 18.3 Å². The number of aliphatic hydroxyl groups excluding tert-OH is 1. The molecule has 6 heteroatoms. The molecule has 0 unspecified atom stereocenters. The SMILES string of the molecule is Cc1cnc2c(S(=O)(=O)N3CCC[C@@H]3CO)cccc2c1. The minimum Gasteiger partial charge on any atom is -0.395 e. The zero-order chi connectivity index (χ0) is 15.0. The van der Waals surface area contributed by atoms with Crippen molar-refractivity contribution in [1.82, 2.24) is 9.29 Å². The standard InChI is InChI=1S/C15H18N2O3S/c1-11-8-12-4-2-6-14(15(12)16-9-11)21(19,20)17-7-3-5-13(17)10-18/h2,4,6,8-9,13,18H,3,5,7,10H2,1H3/t13-/m1/s1. The summed E-state index contributed by atoms with van der Waals surface area (Å²) in [6.45, 7) is 2.24. The van der Waals surface area contributed by atoms with Gasteiger partial charge in [-0.2, -0.15) is 4.31 Å². The summed E-state index contributed by atoms with van der Waals surface area (Å²) in [6, 6.07) is 6.79. The van der Waals surface area contributed by atoms with E-state index in [0.717, 1.165) is 17.4 Å². The predicted octanol–water partition coefficient (Wildman–Crippen LogP) is 1.69. The van der Waals surface area contributed by atoms with E-state index in [1.807, 2.05) is 19.1 Å². The van der Waals surface area contributed by atoms with Crippen LogP contribution >= 0.6 is 0 Å². The predicted molar refractivity (Wildman–Crippen MR) is 80.5 cm³/mol. The number of aryl methyl sites for hydroxylation is 1. The van der Waals surface area contributed by atoms with Gasteiger partial charge in [0.15, 0.2) is 0 Å². The van der Waals surface area contributed by atoms with Gasteiger partial charge in [0.1, 0.15) is 4.90 Å². The van der Waals surface area contributed by atoms with Gasteiger partial charge < -0.3 is 5.11 Å². The van der Waals surface area contributed by atoms with Gasteiger partial charge in [0, 0.05) is 24.2 Å². The van der Waals surface area contributed by atoms with Crippen molar-refractivity contribution in [2.24, 2.45) is 0 Å². The number of para-hydroxylation sites is 1. The molecule has 112 valence electrons. The third-order valence-electron chi connectivity index (χ3n) is 3.93. The number of nitrogens with zero attached hydrogens (tertiary/aromatic N) is 2. The molecule has 1 aliphatic rings. The molecule has 2 aromatic rings. The van der Waals surface area contributed by atoms with Crippen molar-refractivity contribution in [2.75, 3.05) is 13.2 Å². The van der Waals surface area contributed by atoms with Crippen LogP contribution in [0.4, 0.5) is 0 Å². The second-order valence-corrected chi connectivity index (χ2v) is 7.29. The Balaban J connectivity index is 2.15. The molecular weight excluding hydrogens is 288 g/mol. The van der Waals surface area contributed by atoms with Gasteiger partial charge in [-0.05, 0) is 37.5 Å². The molecule has 0 amide bonds. The number of hydrogen-bond acceptors (Lipinski definition) is 4. The van der Waals surface area contributed by atoms with Crippen molar-refractivity contribution >= 4 is 20.9 Å². The molecule has 1 saturated heterocycles. The van der Waals surface area contributed by atoms with Crippen LogP contribution in [0, 0.1) is 6.92 Å². The van der Waals surface area contributed by atoms with Crippen molar-refractivity contribution in [3.63, 3.8) is 0 Å². The van der Waals surface area contributed by atoms with Crippen LogP contribution in [0.3, 0.4) is 0 Å². The molecule has 1 aromatic carbocycles. The second-order valence-electron chi connectivity index (χ2n) is 5.43. The molecule has 21 heavy (non-hydrogen) atoms. The maximum absolute atomic E-state index is 12.9. The average molecular weight is 306 g/mol. The Morgan fingerprint density at radius 2 is 2.24 bits per heavy atom. The summed E-state index contributed by atoms with van der Waals surface area (Å²) in [6.07, 6.45) is 3.16. The lowest BCUT2D eigenvalue weighted by Gasteiger charge is -2.22. The monoisotopic (exact) mass is 306 g/mol. The maximum atomic E-state index is 12.9. The Labute approximate surface area is 124 Å². The molecule has 5 nitrogen and oxygen atoms in total. The molecule has 1 aliphatic heterocycles. The van der Waals surface area contributed by atoms with Gasteiger partial charge in [-0.15, -0.1) is 0 Å². The van der Waals surface area contributed by atoms with Gasteiger partial charge in [-0.1, -0.05) is 12.1 Å². The maximum Gasteiger partial charge on any atom is 0.245 e. The Morgan fingerprint density at radius 3 is 3.00 bits per heavy atom. The highest BCUT2D eigenvalue weighted by Crippen LogP contribution is 2.29. The first kappa shape index (κ1) is 14.4. The average Bonchev–Trinajstić information content (AvgIpc) is 2.95. The molecule has 0 aliphatic carbocycles. The molecule has 0 saturated carbocycles. The lowest BCUT2D eigenvalue weighted by Crippen LogP contribution is -2.37. The van der Waals surface area contributed by atoms with E-state index in [-0.39, 0.29) is 17.5 Å². The Kier molecular flexibility index (Phi) is 3.69. The lowest BCUT2D eigenvalue weighted by atomic mass is 10.2. The fraction of sp³-hybridized carbons (Fsp3) is 0.400. The van der Waals surface area contributed by atoms with E-state index in [9.17, 15) is 13.5 Å². The fourth-order valence-corrected chi connectivity index (χ4v) is 4.74. The van der Waals surface area contributed by atoms with Gasteiger partial charge in [0.05, 0.1) is 12.1 Å². The van der Waals surface area contributed by atoms with Crippen LogP contribution in [0.25, 0.3) is 10.9 Å². The minimum atomic E-state index is -3.63. The fourth-order valence-electron chi connectivity index (χ4n) is 2.89. The van der Waals surface area contributed by atoms with Crippen LogP contribution in [0.15, 0.2) is 35.4 Å². The normalized spacial score (nSPS) is 20.2. The summed E-state index contributed by atoms with van der Waals surface area (Å²) < 4.78 is 27.2. The summed E-state index contributed by atoms with van der Waals surface area (Å²) >= 11 is 0. The van der Waals surface area contributed by atoms with Crippen molar-refractivity contribution in [2.45, 2.75) is 30.7 Å². The Bertz CT molecular complexity index is 774. The number of benzene rings is 1. The molecular formula is C15H18N2O3S.